The summed E-state index contributed by atoms with van der Waals surface area (Å²) < 4.78 is 5.26. The molecular weight excluding hydrogens is 210 g/mol. The SMILES string of the molecule is O=C1CCC(c2ccco2)CC(C(=O)O)N1. The second-order valence-corrected chi connectivity index (χ2v) is 3.95. The van der Waals surface area contributed by atoms with Crippen molar-refractivity contribution in [3.8, 4) is 0 Å². The summed E-state index contributed by atoms with van der Waals surface area (Å²) in [5, 5.41) is 11.4. The molecule has 0 radical (unpaired) electrons. The lowest BCUT2D eigenvalue weighted by atomic mass is 9.94. The second-order valence-electron chi connectivity index (χ2n) is 3.95. The molecular formula is C11H13NO4. The van der Waals surface area contributed by atoms with Gasteiger partial charge in [-0.25, -0.2) is 4.79 Å². The van der Waals surface area contributed by atoms with Gasteiger partial charge in [-0.2, -0.15) is 0 Å². The number of rotatable bonds is 2. The van der Waals surface area contributed by atoms with Crippen molar-refractivity contribution in [2.75, 3.05) is 0 Å². The van der Waals surface area contributed by atoms with Gasteiger partial charge < -0.3 is 14.8 Å². The average molecular weight is 223 g/mol. The van der Waals surface area contributed by atoms with E-state index >= 15 is 0 Å². The Balaban J connectivity index is 2.15. The van der Waals surface area contributed by atoms with E-state index in [9.17, 15) is 9.59 Å². The van der Waals surface area contributed by atoms with Crippen molar-refractivity contribution in [3.05, 3.63) is 24.2 Å². The lowest BCUT2D eigenvalue weighted by Crippen LogP contribution is -2.39. The molecule has 1 aliphatic rings. The third-order valence-corrected chi connectivity index (χ3v) is 2.82. The number of carbonyl (C=O) groups excluding carboxylic acids is 1. The molecule has 1 fully saturated rings. The minimum Gasteiger partial charge on any atom is -0.480 e. The molecule has 0 aromatic carbocycles. The Bertz CT molecular complexity index is 385. The first-order chi connectivity index (χ1) is 7.66. The molecule has 2 unspecified atom stereocenters. The van der Waals surface area contributed by atoms with Crippen LogP contribution in [0.1, 0.15) is 30.9 Å². The van der Waals surface area contributed by atoms with E-state index in [1.807, 2.05) is 6.07 Å². The highest BCUT2D eigenvalue weighted by molar-refractivity contribution is 5.84. The number of nitrogens with one attached hydrogen (secondary N) is 1. The van der Waals surface area contributed by atoms with Gasteiger partial charge in [-0.15, -0.1) is 0 Å². The van der Waals surface area contributed by atoms with E-state index in [2.05, 4.69) is 5.32 Å². The van der Waals surface area contributed by atoms with Crippen molar-refractivity contribution in [1.82, 2.24) is 5.32 Å². The first-order valence-corrected chi connectivity index (χ1v) is 5.22. The Morgan fingerprint density at radius 3 is 3.00 bits per heavy atom. The summed E-state index contributed by atoms with van der Waals surface area (Å²) in [5.74, 6) is -0.453. The maximum atomic E-state index is 11.3. The summed E-state index contributed by atoms with van der Waals surface area (Å²) >= 11 is 0. The third-order valence-electron chi connectivity index (χ3n) is 2.82. The molecule has 1 amide bonds. The number of carbonyl (C=O) groups is 2. The molecule has 1 saturated heterocycles. The zero-order valence-corrected chi connectivity index (χ0v) is 8.68. The van der Waals surface area contributed by atoms with Crippen LogP contribution in [0.3, 0.4) is 0 Å². The van der Waals surface area contributed by atoms with E-state index in [1.165, 1.54) is 0 Å². The quantitative estimate of drug-likeness (QED) is 0.787. The molecule has 5 nitrogen and oxygen atoms in total. The molecule has 0 aliphatic carbocycles. The van der Waals surface area contributed by atoms with E-state index in [0.29, 0.717) is 19.3 Å². The van der Waals surface area contributed by atoms with Gasteiger partial charge in [-0.3, -0.25) is 4.79 Å². The van der Waals surface area contributed by atoms with Crippen molar-refractivity contribution < 1.29 is 19.1 Å². The van der Waals surface area contributed by atoms with Crippen LogP contribution in [0.25, 0.3) is 0 Å². The molecule has 2 heterocycles. The molecule has 5 heteroatoms. The lowest BCUT2D eigenvalue weighted by molar-refractivity contribution is -0.141. The van der Waals surface area contributed by atoms with Gasteiger partial charge in [0.05, 0.1) is 6.26 Å². The standard InChI is InChI=1S/C11H13NO4/c13-10-4-3-7(9-2-1-5-16-9)6-8(12-10)11(14)15/h1-2,5,7-8H,3-4,6H2,(H,12,13)(H,14,15). The molecule has 1 aromatic rings. The number of furan rings is 1. The number of aliphatic carboxylic acids is 1. The van der Waals surface area contributed by atoms with Gasteiger partial charge in [0.1, 0.15) is 11.8 Å². The fraction of sp³-hybridized carbons (Fsp3) is 0.455. The Kier molecular flexibility index (Phi) is 2.94. The normalized spacial score (nSPS) is 25.9. The van der Waals surface area contributed by atoms with Gasteiger partial charge in [-0.05, 0) is 25.0 Å². The average Bonchev–Trinajstić information content (AvgIpc) is 2.68. The molecule has 86 valence electrons. The Morgan fingerprint density at radius 1 is 1.56 bits per heavy atom. The summed E-state index contributed by atoms with van der Waals surface area (Å²) in [6.45, 7) is 0. The number of carboxylic acid groups (broad SMARTS) is 1. The minimum absolute atomic E-state index is 0.00458. The van der Waals surface area contributed by atoms with Gasteiger partial charge >= 0.3 is 5.97 Å². The van der Waals surface area contributed by atoms with E-state index in [4.69, 9.17) is 9.52 Å². The second kappa shape index (κ2) is 4.38. The molecule has 2 N–H and O–H groups in total. The fourth-order valence-electron chi connectivity index (χ4n) is 1.98. The topological polar surface area (TPSA) is 79.5 Å². The number of hydrogen-bond acceptors (Lipinski definition) is 3. The minimum atomic E-state index is -0.994. The van der Waals surface area contributed by atoms with Crippen LogP contribution in [0.5, 0.6) is 0 Å². The van der Waals surface area contributed by atoms with Crippen LogP contribution in [0, 0.1) is 0 Å². The summed E-state index contributed by atoms with van der Waals surface area (Å²) in [7, 11) is 0. The summed E-state index contributed by atoms with van der Waals surface area (Å²) in [6.07, 6.45) is 2.91. The van der Waals surface area contributed by atoms with Crippen molar-refractivity contribution in [2.45, 2.75) is 31.2 Å². The van der Waals surface area contributed by atoms with Crippen molar-refractivity contribution in [3.63, 3.8) is 0 Å². The largest absolute Gasteiger partial charge is 0.480 e. The highest BCUT2D eigenvalue weighted by Gasteiger charge is 2.30. The van der Waals surface area contributed by atoms with Gasteiger partial charge in [0.2, 0.25) is 5.91 Å². The Morgan fingerprint density at radius 2 is 2.38 bits per heavy atom. The van der Waals surface area contributed by atoms with E-state index < -0.39 is 12.0 Å². The fourth-order valence-corrected chi connectivity index (χ4v) is 1.98. The number of amides is 1. The molecule has 0 bridgehead atoms. The molecule has 16 heavy (non-hydrogen) atoms. The third kappa shape index (κ3) is 2.24. The molecule has 2 atom stereocenters. The van der Waals surface area contributed by atoms with Crippen LogP contribution < -0.4 is 5.32 Å². The van der Waals surface area contributed by atoms with Crippen LogP contribution >= 0.6 is 0 Å². The summed E-state index contributed by atoms with van der Waals surface area (Å²) in [5.41, 5.74) is 0. The van der Waals surface area contributed by atoms with Crippen LogP contribution in [0.2, 0.25) is 0 Å². The highest BCUT2D eigenvalue weighted by atomic mass is 16.4. The van der Waals surface area contributed by atoms with E-state index in [0.717, 1.165) is 5.76 Å². The predicted octanol–water partition coefficient (Wildman–Crippen LogP) is 1.12. The summed E-state index contributed by atoms with van der Waals surface area (Å²) in [6, 6.07) is 2.77. The maximum Gasteiger partial charge on any atom is 0.326 e. The van der Waals surface area contributed by atoms with E-state index in [-0.39, 0.29) is 11.8 Å². The van der Waals surface area contributed by atoms with Crippen LogP contribution in [-0.4, -0.2) is 23.0 Å². The monoisotopic (exact) mass is 223 g/mol. The lowest BCUT2D eigenvalue weighted by Gasteiger charge is -2.14. The predicted molar refractivity (Wildman–Crippen MR) is 54.9 cm³/mol. The molecule has 2 rings (SSSR count). The summed E-state index contributed by atoms with van der Waals surface area (Å²) in [4.78, 5) is 22.2. The molecule has 1 aromatic heterocycles. The van der Waals surface area contributed by atoms with E-state index in [1.54, 1.807) is 12.3 Å². The van der Waals surface area contributed by atoms with Gasteiger partial charge in [0, 0.05) is 12.3 Å². The number of hydrogen-bond donors (Lipinski definition) is 2. The number of carboxylic acids is 1. The van der Waals surface area contributed by atoms with Crippen LogP contribution in [0.15, 0.2) is 22.8 Å². The highest BCUT2D eigenvalue weighted by Crippen LogP contribution is 2.28. The first kappa shape index (κ1) is 10.7. The zero-order valence-electron chi connectivity index (χ0n) is 8.68. The van der Waals surface area contributed by atoms with Crippen LogP contribution in [0.4, 0.5) is 0 Å². The Labute approximate surface area is 92.4 Å². The van der Waals surface area contributed by atoms with Crippen LogP contribution in [-0.2, 0) is 9.59 Å². The maximum absolute atomic E-state index is 11.3. The molecule has 1 aliphatic heterocycles. The first-order valence-electron chi connectivity index (χ1n) is 5.22. The van der Waals surface area contributed by atoms with Crippen molar-refractivity contribution in [2.24, 2.45) is 0 Å². The van der Waals surface area contributed by atoms with Crippen molar-refractivity contribution >= 4 is 11.9 Å². The molecule has 0 saturated carbocycles. The van der Waals surface area contributed by atoms with Gasteiger partial charge in [-0.1, -0.05) is 0 Å². The smallest absolute Gasteiger partial charge is 0.326 e. The zero-order chi connectivity index (χ0) is 11.5. The Hall–Kier alpha value is -1.78. The van der Waals surface area contributed by atoms with Gasteiger partial charge in [0.15, 0.2) is 0 Å². The van der Waals surface area contributed by atoms with Gasteiger partial charge in [0.25, 0.3) is 0 Å². The van der Waals surface area contributed by atoms with Crippen molar-refractivity contribution in [1.29, 1.82) is 0 Å². The molecule has 0 spiro atoms.